The molecule has 0 bridgehead atoms. The van der Waals surface area contributed by atoms with E-state index < -0.39 is 17.7 Å². The van der Waals surface area contributed by atoms with Crippen LogP contribution in [-0.2, 0) is 6.42 Å². The predicted octanol–water partition coefficient (Wildman–Crippen LogP) is 3.76. The number of hydrogen-bond donors (Lipinski definition) is 1. The summed E-state index contributed by atoms with van der Waals surface area (Å²) < 4.78 is 28.5. The van der Waals surface area contributed by atoms with Gasteiger partial charge in [0.1, 0.15) is 11.6 Å². The normalized spacial score (nSPS) is 12.9. The summed E-state index contributed by atoms with van der Waals surface area (Å²) in [6.45, 7) is 4.24. The molecule has 1 atom stereocenters. The first-order chi connectivity index (χ1) is 10.0. The molecule has 0 saturated heterocycles. The standard InChI is InChI=1S/C16H21F2N3/c1-3-13(4-2)21-8-7-12(20-21)10-16(19)14-6-5-11(17)9-15(14)18/h5-9,13,16H,3-4,10,19H2,1-2H3. The molecule has 114 valence electrons. The summed E-state index contributed by atoms with van der Waals surface area (Å²) >= 11 is 0. The van der Waals surface area contributed by atoms with Crippen LogP contribution in [0, 0.1) is 11.6 Å². The van der Waals surface area contributed by atoms with Gasteiger partial charge in [-0.05, 0) is 25.0 Å². The molecule has 0 fully saturated rings. The molecule has 0 aliphatic rings. The minimum Gasteiger partial charge on any atom is -0.324 e. The Morgan fingerprint density at radius 1 is 1.19 bits per heavy atom. The third-order valence-electron chi connectivity index (χ3n) is 3.77. The molecule has 3 nitrogen and oxygen atoms in total. The van der Waals surface area contributed by atoms with E-state index in [2.05, 4.69) is 18.9 Å². The average Bonchev–Trinajstić information content (AvgIpc) is 2.88. The van der Waals surface area contributed by atoms with Crippen molar-refractivity contribution in [1.29, 1.82) is 0 Å². The van der Waals surface area contributed by atoms with Gasteiger partial charge in [0.15, 0.2) is 0 Å². The zero-order valence-corrected chi connectivity index (χ0v) is 12.4. The zero-order valence-electron chi connectivity index (χ0n) is 12.4. The van der Waals surface area contributed by atoms with Crippen LogP contribution in [0.25, 0.3) is 0 Å². The van der Waals surface area contributed by atoms with E-state index in [0.29, 0.717) is 18.0 Å². The molecule has 0 aliphatic carbocycles. The first-order valence-electron chi connectivity index (χ1n) is 7.29. The van der Waals surface area contributed by atoms with Crippen molar-refractivity contribution in [3.8, 4) is 0 Å². The molecule has 0 saturated carbocycles. The second kappa shape index (κ2) is 6.80. The van der Waals surface area contributed by atoms with Crippen LogP contribution in [0.5, 0.6) is 0 Å². The number of nitrogens with two attached hydrogens (primary N) is 1. The predicted molar refractivity (Wildman–Crippen MR) is 78.8 cm³/mol. The van der Waals surface area contributed by atoms with E-state index >= 15 is 0 Å². The summed E-state index contributed by atoms with van der Waals surface area (Å²) in [6, 6.07) is 5.22. The Balaban J connectivity index is 2.11. The molecule has 1 aromatic carbocycles. The lowest BCUT2D eigenvalue weighted by molar-refractivity contribution is 0.424. The lowest BCUT2D eigenvalue weighted by Crippen LogP contribution is -2.16. The van der Waals surface area contributed by atoms with Gasteiger partial charge in [-0.2, -0.15) is 5.10 Å². The second-order valence-corrected chi connectivity index (χ2v) is 5.23. The van der Waals surface area contributed by atoms with Crippen molar-refractivity contribution in [2.24, 2.45) is 5.73 Å². The summed E-state index contributed by atoms with van der Waals surface area (Å²) in [7, 11) is 0. The molecule has 1 heterocycles. The van der Waals surface area contributed by atoms with Crippen molar-refractivity contribution in [2.75, 3.05) is 0 Å². The summed E-state index contributed by atoms with van der Waals surface area (Å²) in [4.78, 5) is 0. The van der Waals surface area contributed by atoms with Crippen LogP contribution in [0.3, 0.4) is 0 Å². The van der Waals surface area contributed by atoms with Crippen LogP contribution in [0.2, 0.25) is 0 Å². The Labute approximate surface area is 123 Å². The van der Waals surface area contributed by atoms with Gasteiger partial charge in [0, 0.05) is 30.3 Å². The van der Waals surface area contributed by atoms with Crippen LogP contribution in [0.1, 0.15) is 50.0 Å². The number of nitrogens with zero attached hydrogens (tertiary/aromatic N) is 2. The highest BCUT2D eigenvalue weighted by Gasteiger charge is 2.15. The highest BCUT2D eigenvalue weighted by molar-refractivity contribution is 5.23. The fourth-order valence-electron chi connectivity index (χ4n) is 2.49. The molecular formula is C16H21F2N3. The van der Waals surface area contributed by atoms with Crippen LogP contribution in [0.4, 0.5) is 8.78 Å². The highest BCUT2D eigenvalue weighted by atomic mass is 19.1. The molecule has 2 rings (SSSR count). The van der Waals surface area contributed by atoms with Crippen molar-refractivity contribution in [2.45, 2.75) is 45.2 Å². The maximum atomic E-state index is 13.7. The molecule has 0 amide bonds. The Kier molecular flexibility index (Phi) is 5.07. The van der Waals surface area contributed by atoms with Crippen molar-refractivity contribution in [3.05, 3.63) is 53.4 Å². The smallest absolute Gasteiger partial charge is 0.130 e. The molecule has 0 spiro atoms. The molecule has 1 aromatic heterocycles. The Morgan fingerprint density at radius 3 is 2.52 bits per heavy atom. The number of aromatic nitrogens is 2. The summed E-state index contributed by atoms with van der Waals surface area (Å²) in [5.41, 5.74) is 7.15. The summed E-state index contributed by atoms with van der Waals surface area (Å²) in [6.07, 6.45) is 4.38. The molecule has 5 heteroatoms. The Morgan fingerprint density at radius 2 is 1.90 bits per heavy atom. The molecule has 0 aliphatic heterocycles. The number of benzene rings is 1. The monoisotopic (exact) mass is 293 g/mol. The van der Waals surface area contributed by atoms with Gasteiger partial charge in [0.25, 0.3) is 0 Å². The largest absolute Gasteiger partial charge is 0.324 e. The maximum absolute atomic E-state index is 13.7. The van der Waals surface area contributed by atoms with Gasteiger partial charge in [-0.3, -0.25) is 4.68 Å². The van der Waals surface area contributed by atoms with Crippen molar-refractivity contribution in [1.82, 2.24) is 9.78 Å². The topological polar surface area (TPSA) is 43.8 Å². The van der Waals surface area contributed by atoms with E-state index in [-0.39, 0.29) is 0 Å². The van der Waals surface area contributed by atoms with Crippen molar-refractivity contribution in [3.63, 3.8) is 0 Å². The van der Waals surface area contributed by atoms with Crippen LogP contribution in [0.15, 0.2) is 30.5 Å². The second-order valence-electron chi connectivity index (χ2n) is 5.23. The number of rotatable bonds is 6. The zero-order chi connectivity index (χ0) is 15.4. The fourth-order valence-corrected chi connectivity index (χ4v) is 2.49. The average molecular weight is 293 g/mol. The fraction of sp³-hybridized carbons (Fsp3) is 0.438. The molecular weight excluding hydrogens is 272 g/mol. The Bertz CT molecular complexity index is 591. The van der Waals surface area contributed by atoms with Gasteiger partial charge in [0.2, 0.25) is 0 Å². The Hall–Kier alpha value is -1.75. The SMILES string of the molecule is CCC(CC)n1ccc(CC(N)c2ccc(F)cc2F)n1. The maximum Gasteiger partial charge on any atom is 0.130 e. The minimum atomic E-state index is -0.609. The van der Waals surface area contributed by atoms with E-state index in [4.69, 9.17) is 5.73 Å². The number of hydrogen-bond acceptors (Lipinski definition) is 2. The van der Waals surface area contributed by atoms with Crippen molar-refractivity contribution >= 4 is 0 Å². The lowest BCUT2D eigenvalue weighted by Gasteiger charge is -2.13. The van der Waals surface area contributed by atoms with E-state index in [0.717, 1.165) is 24.6 Å². The van der Waals surface area contributed by atoms with Gasteiger partial charge < -0.3 is 5.73 Å². The first-order valence-corrected chi connectivity index (χ1v) is 7.29. The van der Waals surface area contributed by atoms with Crippen LogP contribution < -0.4 is 5.73 Å². The molecule has 21 heavy (non-hydrogen) atoms. The van der Waals surface area contributed by atoms with Gasteiger partial charge in [-0.25, -0.2) is 8.78 Å². The highest BCUT2D eigenvalue weighted by Crippen LogP contribution is 2.21. The van der Waals surface area contributed by atoms with Gasteiger partial charge in [-0.15, -0.1) is 0 Å². The van der Waals surface area contributed by atoms with Gasteiger partial charge in [-0.1, -0.05) is 19.9 Å². The summed E-state index contributed by atoms with van der Waals surface area (Å²) in [5, 5.41) is 4.51. The van der Waals surface area contributed by atoms with E-state index in [1.54, 1.807) is 0 Å². The first kappa shape index (κ1) is 15.6. The number of halogens is 2. The van der Waals surface area contributed by atoms with E-state index in [1.807, 2.05) is 16.9 Å². The third kappa shape index (κ3) is 3.67. The third-order valence-corrected chi connectivity index (χ3v) is 3.77. The molecule has 1 unspecified atom stereocenters. The minimum absolute atomic E-state index is 0.313. The van der Waals surface area contributed by atoms with Gasteiger partial charge in [0.05, 0.1) is 11.7 Å². The summed E-state index contributed by atoms with van der Waals surface area (Å²) in [5.74, 6) is -1.21. The molecule has 2 N–H and O–H groups in total. The lowest BCUT2D eigenvalue weighted by atomic mass is 10.0. The van der Waals surface area contributed by atoms with Crippen LogP contribution in [-0.4, -0.2) is 9.78 Å². The van der Waals surface area contributed by atoms with E-state index in [1.165, 1.54) is 12.1 Å². The van der Waals surface area contributed by atoms with Crippen LogP contribution >= 0.6 is 0 Å². The molecule has 2 aromatic rings. The molecule has 0 radical (unpaired) electrons. The van der Waals surface area contributed by atoms with Crippen molar-refractivity contribution < 1.29 is 8.78 Å². The quantitative estimate of drug-likeness (QED) is 0.881. The van der Waals surface area contributed by atoms with E-state index in [9.17, 15) is 8.78 Å². The van der Waals surface area contributed by atoms with Gasteiger partial charge >= 0.3 is 0 Å².